The normalized spacial score (nSPS) is 23.0. The van der Waals surface area contributed by atoms with E-state index in [9.17, 15) is 4.39 Å². The van der Waals surface area contributed by atoms with E-state index in [2.05, 4.69) is 5.32 Å². The highest BCUT2D eigenvalue weighted by molar-refractivity contribution is 5.17. The fourth-order valence-electron chi connectivity index (χ4n) is 1.88. The van der Waals surface area contributed by atoms with Crippen molar-refractivity contribution in [3.05, 3.63) is 35.6 Å². The number of nitrogens with one attached hydrogen (secondary N) is 1. The zero-order valence-corrected chi connectivity index (χ0v) is 9.16. The average molecular weight is 224 g/mol. The van der Waals surface area contributed by atoms with Crippen LogP contribution in [0.4, 0.5) is 4.39 Å². The quantitative estimate of drug-likeness (QED) is 0.794. The van der Waals surface area contributed by atoms with E-state index in [0.717, 1.165) is 18.7 Å². The molecule has 2 unspecified atom stereocenters. The van der Waals surface area contributed by atoms with E-state index >= 15 is 0 Å². The molecule has 0 radical (unpaired) electrons. The molecule has 0 aromatic heterocycles. The van der Waals surface area contributed by atoms with Gasteiger partial charge in [0.15, 0.2) is 0 Å². The lowest BCUT2D eigenvalue weighted by Gasteiger charge is -2.28. The third-order valence-corrected chi connectivity index (χ3v) is 2.82. The Bertz CT molecular complexity index is 322. The van der Waals surface area contributed by atoms with Crippen LogP contribution in [0, 0.1) is 5.82 Å². The Kier molecular flexibility index (Phi) is 3.88. The number of hydrogen-bond acceptors (Lipinski definition) is 3. The summed E-state index contributed by atoms with van der Waals surface area (Å²) in [6.07, 6.45) is 0.769. The molecule has 16 heavy (non-hydrogen) atoms. The second kappa shape index (κ2) is 5.39. The Morgan fingerprint density at radius 3 is 2.81 bits per heavy atom. The third kappa shape index (κ3) is 3.01. The molecule has 88 valence electrons. The highest BCUT2D eigenvalue weighted by Gasteiger charge is 2.21. The first kappa shape index (κ1) is 11.5. The van der Waals surface area contributed by atoms with Crippen LogP contribution < -0.4 is 11.1 Å². The molecule has 1 aliphatic heterocycles. The van der Waals surface area contributed by atoms with Crippen molar-refractivity contribution in [1.29, 1.82) is 0 Å². The van der Waals surface area contributed by atoms with E-state index in [0.29, 0.717) is 13.0 Å². The molecule has 0 bridgehead atoms. The Hall–Kier alpha value is -0.970. The van der Waals surface area contributed by atoms with Crippen molar-refractivity contribution in [3.8, 4) is 0 Å². The smallest absolute Gasteiger partial charge is 0.123 e. The van der Waals surface area contributed by atoms with Crippen molar-refractivity contribution in [2.75, 3.05) is 19.7 Å². The fraction of sp³-hybridized carbons (Fsp3) is 0.500. The predicted octanol–water partition coefficient (Wildman–Crippen LogP) is 0.684. The van der Waals surface area contributed by atoms with Gasteiger partial charge in [0.25, 0.3) is 0 Å². The van der Waals surface area contributed by atoms with E-state index in [1.54, 1.807) is 12.1 Å². The van der Waals surface area contributed by atoms with Gasteiger partial charge in [0.1, 0.15) is 5.82 Å². The zero-order valence-electron chi connectivity index (χ0n) is 9.16. The molecule has 1 fully saturated rings. The number of benzene rings is 1. The molecule has 0 amide bonds. The Balaban J connectivity index is 1.90. The summed E-state index contributed by atoms with van der Waals surface area (Å²) >= 11 is 0. The molecule has 4 heteroatoms. The molecule has 3 nitrogen and oxygen atoms in total. The fourth-order valence-corrected chi connectivity index (χ4v) is 1.88. The van der Waals surface area contributed by atoms with Gasteiger partial charge in [0.2, 0.25) is 0 Å². The summed E-state index contributed by atoms with van der Waals surface area (Å²) in [4.78, 5) is 0. The molecule has 1 aromatic rings. The van der Waals surface area contributed by atoms with Crippen molar-refractivity contribution in [2.45, 2.75) is 18.6 Å². The van der Waals surface area contributed by atoms with E-state index in [4.69, 9.17) is 10.5 Å². The first-order chi connectivity index (χ1) is 7.75. The van der Waals surface area contributed by atoms with Crippen molar-refractivity contribution in [3.63, 3.8) is 0 Å². The van der Waals surface area contributed by atoms with E-state index in [1.807, 2.05) is 0 Å². The lowest BCUT2D eigenvalue weighted by atomic mass is 10.0. The van der Waals surface area contributed by atoms with Gasteiger partial charge in [0.05, 0.1) is 12.7 Å². The van der Waals surface area contributed by atoms with E-state index < -0.39 is 0 Å². The zero-order chi connectivity index (χ0) is 11.4. The average Bonchev–Trinajstić information content (AvgIpc) is 2.33. The molecule has 1 saturated heterocycles. The summed E-state index contributed by atoms with van der Waals surface area (Å²) in [5.41, 5.74) is 7.10. The van der Waals surface area contributed by atoms with Crippen LogP contribution in [0.25, 0.3) is 0 Å². The lowest BCUT2D eigenvalue weighted by molar-refractivity contribution is 0.0127. The van der Waals surface area contributed by atoms with Crippen LogP contribution in [0.3, 0.4) is 0 Å². The minimum Gasteiger partial charge on any atom is -0.374 e. The minimum atomic E-state index is -0.215. The summed E-state index contributed by atoms with van der Waals surface area (Å²) < 4.78 is 18.3. The van der Waals surface area contributed by atoms with Crippen molar-refractivity contribution >= 4 is 0 Å². The van der Waals surface area contributed by atoms with Crippen LogP contribution >= 0.6 is 0 Å². The summed E-state index contributed by atoms with van der Waals surface area (Å²) in [6, 6.07) is 6.42. The number of nitrogens with two attached hydrogens (primary N) is 1. The van der Waals surface area contributed by atoms with Gasteiger partial charge in [-0.2, -0.15) is 0 Å². The largest absolute Gasteiger partial charge is 0.374 e. The summed E-state index contributed by atoms with van der Waals surface area (Å²) in [6.45, 7) is 2.39. The Morgan fingerprint density at radius 2 is 2.19 bits per heavy atom. The van der Waals surface area contributed by atoms with Gasteiger partial charge >= 0.3 is 0 Å². The highest BCUT2D eigenvalue weighted by Crippen LogP contribution is 2.09. The molecular weight excluding hydrogens is 207 g/mol. The highest BCUT2D eigenvalue weighted by atomic mass is 19.1. The molecular formula is C12H17FN2O. The van der Waals surface area contributed by atoms with Crippen molar-refractivity contribution in [1.82, 2.24) is 5.32 Å². The van der Waals surface area contributed by atoms with E-state index in [1.165, 1.54) is 12.1 Å². The molecule has 0 spiro atoms. The molecule has 0 aliphatic carbocycles. The molecule has 1 aliphatic rings. The maximum Gasteiger partial charge on any atom is 0.123 e. The van der Waals surface area contributed by atoms with E-state index in [-0.39, 0.29) is 18.0 Å². The second-order valence-electron chi connectivity index (χ2n) is 4.11. The van der Waals surface area contributed by atoms with Gasteiger partial charge < -0.3 is 15.8 Å². The van der Waals surface area contributed by atoms with Crippen LogP contribution in [-0.2, 0) is 11.2 Å². The van der Waals surface area contributed by atoms with Gasteiger partial charge in [0, 0.05) is 19.1 Å². The van der Waals surface area contributed by atoms with Gasteiger partial charge in [-0.05, 0) is 24.1 Å². The molecule has 2 atom stereocenters. The maximum atomic E-state index is 12.7. The predicted molar refractivity (Wildman–Crippen MR) is 60.7 cm³/mol. The first-order valence-electron chi connectivity index (χ1n) is 5.58. The molecule has 0 saturated carbocycles. The van der Waals surface area contributed by atoms with Crippen LogP contribution in [0.1, 0.15) is 5.56 Å². The van der Waals surface area contributed by atoms with Crippen molar-refractivity contribution in [2.24, 2.45) is 5.73 Å². The number of rotatable bonds is 3. The minimum absolute atomic E-state index is 0.0433. The van der Waals surface area contributed by atoms with Crippen LogP contribution in [-0.4, -0.2) is 31.8 Å². The Morgan fingerprint density at radius 1 is 1.44 bits per heavy atom. The van der Waals surface area contributed by atoms with Crippen LogP contribution in [0.5, 0.6) is 0 Å². The number of halogens is 1. The standard InChI is InChI=1S/C12H17FN2O/c13-10-3-1-9(2-4-10)7-11(14)12-8-15-5-6-16-12/h1-4,11-12,15H,5-8,14H2. The Labute approximate surface area is 94.8 Å². The van der Waals surface area contributed by atoms with Crippen molar-refractivity contribution < 1.29 is 9.13 Å². The number of morpholine rings is 1. The number of hydrogen-bond donors (Lipinski definition) is 2. The summed E-state index contributed by atoms with van der Waals surface area (Å²) in [5.74, 6) is -0.215. The van der Waals surface area contributed by atoms with Gasteiger partial charge in [-0.25, -0.2) is 4.39 Å². The molecule has 1 heterocycles. The monoisotopic (exact) mass is 224 g/mol. The molecule has 3 N–H and O–H groups in total. The lowest BCUT2D eigenvalue weighted by Crippen LogP contribution is -2.49. The summed E-state index contributed by atoms with van der Waals surface area (Å²) in [7, 11) is 0. The van der Waals surface area contributed by atoms with Gasteiger partial charge in [-0.15, -0.1) is 0 Å². The number of ether oxygens (including phenoxy) is 1. The van der Waals surface area contributed by atoms with Crippen LogP contribution in [0.2, 0.25) is 0 Å². The third-order valence-electron chi connectivity index (χ3n) is 2.82. The maximum absolute atomic E-state index is 12.7. The topological polar surface area (TPSA) is 47.3 Å². The van der Waals surface area contributed by atoms with Gasteiger partial charge in [-0.1, -0.05) is 12.1 Å². The van der Waals surface area contributed by atoms with Gasteiger partial charge in [-0.3, -0.25) is 0 Å². The first-order valence-corrected chi connectivity index (χ1v) is 5.58. The second-order valence-corrected chi connectivity index (χ2v) is 4.11. The van der Waals surface area contributed by atoms with Crippen LogP contribution in [0.15, 0.2) is 24.3 Å². The summed E-state index contributed by atoms with van der Waals surface area (Å²) in [5, 5.41) is 3.25. The SMILES string of the molecule is NC(Cc1ccc(F)cc1)C1CNCCO1. The molecule has 2 rings (SSSR count). The molecule has 1 aromatic carbocycles.